The van der Waals surface area contributed by atoms with Gasteiger partial charge in [0, 0.05) is 19.3 Å². The van der Waals surface area contributed by atoms with Gasteiger partial charge >= 0.3 is 17.9 Å². The van der Waals surface area contributed by atoms with Gasteiger partial charge in [-0.15, -0.1) is 0 Å². The molecule has 0 saturated carbocycles. The molecule has 0 aliphatic carbocycles. The molecule has 0 rings (SSSR count). The monoisotopic (exact) mass is 929 g/mol. The molecule has 380 valence electrons. The molecule has 0 spiro atoms. The predicted octanol–water partition coefficient (Wildman–Crippen LogP) is 18.3. The summed E-state index contributed by atoms with van der Waals surface area (Å²) in [4.78, 5) is 38.1. The van der Waals surface area contributed by atoms with Crippen LogP contribution in [0.4, 0.5) is 0 Å². The van der Waals surface area contributed by atoms with Gasteiger partial charge in [-0.05, 0) is 128 Å². The third-order valence-electron chi connectivity index (χ3n) is 11.2. The molecular formula is C61H100O6. The molecule has 0 unspecified atom stereocenters. The highest BCUT2D eigenvalue weighted by Gasteiger charge is 2.19. The number of esters is 3. The van der Waals surface area contributed by atoms with Gasteiger partial charge in [0.1, 0.15) is 13.2 Å². The average Bonchev–Trinajstić information content (AvgIpc) is 3.33. The Morgan fingerprint density at radius 1 is 0.313 bits per heavy atom. The first-order valence-electron chi connectivity index (χ1n) is 27.4. The second-order valence-electron chi connectivity index (χ2n) is 17.7. The fraction of sp³-hybridized carbons (Fsp3) is 0.656. The summed E-state index contributed by atoms with van der Waals surface area (Å²) in [7, 11) is 0. The maximum atomic E-state index is 12.8. The molecule has 0 bridgehead atoms. The molecular weight excluding hydrogens is 829 g/mol. The number of ether oxygens (including phenoxy) is 3. The summed E-state index contributed by atoms with van der Waals surface area (Å²) < 4.78 is 16.8. The molecule has 6 heteroatoms. The van der Waals surface area contributed by atoms with E-state index in [2.05, 4.69) is 130 Å². The van der Waals surface area contributed by atoms with Crippen molar-refractivity contribution in [1.82, 2.24) is 0 Å². The number of unbranched alkanes of at least 4 members (excludes halogenated alkanes) is 19. The first kappa shape index (κ1) is 63.1. The molecule has 0 aromatic carbocycles. The summed E-state index contributed by atoms with van der Waals surface area (Å²) in [5, 5.41) is 0. The van der Waals surface area contributed by atoms with Crippen LogP contribution in [0.15, 0.2) is 109 Å². The van der Waals surface area contributed by atoms with E-state index in [0.29, 0.717) is 19.3 Å². The van der Waals surface area contributed by atoms with Gasteiger partial charge in [0.25, 0.3) is 0 Å². The average molecular weight is 929 g/mol. The zero-order chi connectivity index (χ0) is 48.6. The minimum Gasteiger partial charge on any atom is -0.462 e. The molecule has 0 aliphatic heterocycles. The van der Waals surface area contributed by atoms with Gasteiger partial charge in [0.15, 0.2) is 6.10 Å². The van der Waals surface area contributed by atoms with Crippen LogP contribution in [-0.2, 0) is 28.6 Å². The second kappa shape index (κ2) is 54.7. The molecule has 67 heavy (non-hydrogen) atoms. The number of carbonyl (C=O) groups excluding carboxylic acids is 3. The Kier molecular flexibility index (Phi) is 51.5. The standard InChI is InChI=1S/C61H100O6/c1-4-7-10-13-16-19-22-25-28-30-33-35-38-41-44-47-50-53-59(62)65-56-58(67-61(64)55-52-49-46-43-40-37-32-27-24-21-18-15-12-9-6-3)57-66-60(63)54-51-48-45-42-39-36-34-31-29-26-23-20-17-14-11-8-5-2/h9,12,16-21,25-29,32-36,58H,4-8,10-11,13-15,22-24,30-31,37-57H2,1-3H3/b12-9-,19-16-,20-17-,21-18-,28-25-,29-26-,32-27-,35-33-,36-34-. The van der Waals surface area contributed by atoms with Crippen molar-refractivity contribution in [3.05, 3.63) is 109 Å². The molecule has 0 atom stereocenters. The minimum absolute atomic E-state index is 0.106. The molecule has 0 N–H and O–H groups in total. The third kappa shape index (κ3) is 52.9. The molecule has 0 aromatic rings. The van der Waals surface area contributed by atoms with Gasteiger partial charge in [-0.2, -0.15) is 0 Å². The predicted molar refractivity (Wildman–Crippen MR) is 288 cm³/mol. The van der Waals surface area contributed by atoms with Crippen molar-refractivity contribution in [2.75, 3.05) is 13.2 Å². The highest BCUT2D eigenvalue weighted by molar-refractivity contribution is 5.71. The fourth-order valence-corrected chi connectivity index (χ4v) is 7.12. The van der Waals surface area contributed by atoms with Crippen molar-refractivity contribution in [1.29, 1.82) is 0 Å². The van der Waals surface area contributed by atoms with Crippen LogP contribution < -0.4 is 0 Å². The lowest BCUT2D eigenvalue weighted by atomic mass is 10.1. The summed E-state index contributed by atoms with van der Waals surface area (Å²) >= 11 is 0. The highest BCUT2D eigenvalue weighted by Crippen LogP contribution is 2.13. The lowest BCUT2D eigenvalue weighted by Gasteiger charge is -2.18. The number of allylic oxidation sites excluding steroid dienone is 18. The smallest absolute Gasteiger partial charge is 0.306 e. The first-order chi connectivity index (χ1) is 33.0. The Labute approximate surface area is 412 Å². The van der Waals surface area contributed by atoms with E-state index in [9.17, 15) is 14.4 Å². The Morgan fingerprint density at radius 2 is 0.582 bits per heavy atom. The summed E-state index contributed by atoms with van der Waals surface area (Å²) in [6.07, 6.45) is 73.5. The van der Waals surface area contributed by atoms with Crippen molar-refractivity contribution in [2.24, 2.45) is 0 Å². The van der Waals surface area contributed by atoms with Gasteiger partial charge in [-0.25, -0.2) is 0 Å². The second-order valence-corrected chi connectivity index (χ2v) is 17.7. The van der Waals surface area contributed by atoms with E-state index in [1.807, 2.05) is 0 Å². The van der Waals surface area contributed by atoms with E-state index in [-0.39, 0.29) is 31.1 Å². The summed E-state index contributed by atoms with van der Waals surface area (Å²) in [5.41, 5.74) is 0. The Balaban J connectivity index is 4.51. The summed E-state index contributed by atoms with van der Waals surface area (Å²) in [5.74, 6) is -0.967. The zero-order valence-electron chi connectivity index (χ0n) is 43.4. The maximum absolute atomic E-state index is 12.8. The van der Waals surface area contributed by atoms with E-state index in [0.717, 1.165) is 148 Å². The quantitative estimate of drug-likeness (QED) is 0.0262. The molecule has 0 fully saturated rings. The first-order valence-corrected chi connectivity index (χ1v) is 27.4. The molecule has 0 radical (unpaired) electrons. The zero-order valence-corrected chi connectivity index (χ0v) is 43.4. The Bertz CT molecular complexity index is 1320. The third-order valence-corrected chi connectivity index (χ3v) is 11.2. The van der Waals surface area contributed by atoms with E-state index < -0.39 is 6.10 Å². The Hall–Kier alpha value is -3.93. The van der Waals surface area contributed by atoms with Gasteiger partial charge < -0.3 is 14.2 Å². The van der Waals surface area contributed by atoms with E-state index in [1.165, 1.54) is 51.4 Å². The van der Waals surface area contributed by atoms with Crippen LogP contribution in [0.3, 0.4) is 0 Å². The van der Waals surface area contributed by atoms with E-state index >= 15 is 0 Å². The van der Waals surface area contributed by atoms with Crippen LogP contribution in [0.1, 0.15) is 239 Å². The summed E-state index contributed by atoms with van der Waals surface area (Å²) in [6.45, 7) is 6.41. The number of rotatable bonds is 48. The summed E-state index contributed by atoms with van der Waals surface area (Å²) in [6, 6.07) is 0. The topological polar surface area (TPSA) is 78.9 Å². The highest BCUT2D eigenvalue weighted by atomic mass is 16.6. The fourth-order valence-electron chi connectivity index (χ4n) is 7.12. The van der Waals surface area contributed by atoms with Gasteiger partial charge in [-0.3, -0.25) is 14.4 Å². The van der Waals surface area contributed by atoms with Crippen LogP contribution in [0.2, 0.25) is 0 Å². The minimum atomic E-state index is -0.808. The van der Waals surface area contributed by atoms with Crippen molar-refractivity contribution in [3.8, 4) is 0 Å². The molecule has 6 nitrogen and oxygen atoms in total. The number of carbonyl (C=O) groups is 3. The number of hydrogen-bond donors (Lipinski definition) is 0. The SMILES string of the molecule is CC/C=C\C/C=C\C/C=C\CCCCCCCC(=O)OC(COC(=O)CCCCCC/C=C\C/C=C\C/C=C\CCCCC)COC(=O)CCCCCC/C=C\C/C=C\C/C=C\CCCCC. The van der Waals surface area contributed by atoms with Gasteiger partial charge in [0.05, 0.1) is 0 Å². The van der Waals surface area contributed by atoms with Crippen molar-refractivity contribution in [2.45, 2.75) is 245 Å². The molecule has 0 saturated heterocycles. The van der Waals surface area contributed by atoms with E-state index in [4.69, 9.17) is 14.2 Å². The van der Waals surface area contributed by atoms with Crippen molar-refractivity contribution in [3.63, 3.8) is 0 Å². The van der Waals surface area contributed by atoms with Gasteiger partial charge in [-0.1, -0.05) is 201 Å². The Morgan fingerprint density at radius 3 is 0.910 bits per heavy atom. The largest absolute Gasteiger partial charge is 0.462 e. The van der Waals surface area contributed by atoms with Crippen molar-refractivity contribution < 1.29 is 28.6 Å². The van der Waals surface area contributed by atoms with Crippen LogP contribution in [0.5, 0.6) is 0 Å². The molecule has 0 aliphatic rings. The molecule has 0 heterocycles. The van der Waals surface area contributed by atoms with Gasteiger partial charge in [0.2, 0.25) is 0 Å². The van der Waals surface area contributed by atoms with Crippen LogP contribution in [-0.4, -0.2) is 37.2 Å². The lowest BCUT2D eigenvalue weighted by molar-refractivity contribution is -0.167. The van der Waals surface area contributed by atoms with Crippen LogP contribution in [0, 0.1) is 0 Å². The van der Waals surface area contributed by atoms with E-state index in [1.54, 1.807) is 0 Å². The van der Waals surface area contributed by atoms with Crippen LogP contribution in [0.25, 0.3) is 0 Å². The maximum Gasteiger partial charge on any atom is 0.306 e. The lowest BCUT2D eigenvalue weighted by Crippen LogP contribution is -2.30. The molecule has 0 amide bonds. The molecule has 0 aromatic heterocycles. The van der Waals surface area contributed by atoms with Crippen molar-refractivity contribution >= 4 is 17.9 Å². The number of hydrogen-bond acceptors (Lipinski definition) is 6. The normalized spacial score (nSPS) is 12.5. The van der Waals surface area contributed by atoms with Crippen LogP contribution >= 0.6 is 0 Å².